The van der Waals surface area contributed by atoms with Crippen LogP contribution in [0.15, 0.2) is 0 Å². The third-order valence-corrected chi connectivity index (χ3v) is 2.95. The summed E-state index contributed by atoms with van der Waals surface area (Å²) in [4.78, 5) is 26.1. The van der Waals surface area contributed by atoms with E-state index in [0.29, 0.717) is 32.7 Å². The van der Waals surface area contributed by atoms with E-state index in [2.05, 4.69) is 0 Å². The van der Waals surface area contributed by atoms with Gasteiger partial charge in [-0.15, -0.1) is 12.4 Å². The van der Waals surface area contributed by atoms with Crippen LogP contribution in [0.3, 0.4) is 0 Å². The number of carboxylic acid groups (broad SMARTS) is 1. The molecule has 1 aliphatic rings. The Labute approximate surface area is 113 Å². The van der Waals surface area contributed by atoms with Crippen molar-refractivity contribution in [3.05, 3.63) is 0 Å². The Balaban J connectivity index is 0.00000289. The molecule has 0 aromatic carbocycles. The van der Waals surface area contributed by atoms with Crippen molar-refractivity contribution in [2.45, 2.75) is 19.4 Å². The second-order valence-electron chi connectivity index (χ2n) is 4.17. The molecule has 1 fully saturated rings. The van der Waals surface area contributed by atoms with Gasteiger partial charge in [-0.3, -0.25) is 14.5 Å². The largest absolute Gasteiger partial charge is 0.480 e. The first kappa shape index (κ1) is 17.2. The Bertz CT molecular complexity index is 282. The molecule has 1 N–H and O–H groups in total. The van der Waals surface area contributed by atoms with Crippen molar-refractivity contribution in [2.24, 2.45) is 0 Å². The molecule has 1 saturated heterocycles. The first-order valence-electron chi connectivity index (χ1n) is 5.84. The van der Waals surface area contributed by atoms with E-state index >= 15 is 0 Å². The van der Waals surface area contributed by atoms with E-state index in [-0.39, 0.29) is 24.9 Å². The first-order chi connectivity index (χ1) is 8.06. The zero-order chi connectivity index (χ0) is 12.8. The van der Waals surface area contributed by atoms with E-state index in [0.717, 1.165) is 0 Å². The number of ether oxygens (including phenoxy) is 1. The minimum atomic E-state index is -0.884. The van der Waals surface area contributed by atoms with Gasteiger partial charge < -0.3 is 14.7 Å². The first-order valence-corrected chi connectivity index (χ1v) is 5.84. The van der Waals surface area contributed by atoms with E-state index in [4.69, 9.17) is 9.84 Å². The lowest BCUT2D eigenvalue weighted by atomic mass is 10.2. The molecule has 1 atom stereocenters. The number of carbonyl (C=O) groups is 2. The van der Waals surface area contributed by atoms with E-state index in [1.165, 1.54) is 0 Å². The van der Waals surface area contributed by atoms with Gasteiger partial charge >= 0.3 is 5.97 Å². The van der Waals surface area contributed by atoms with Gasteiger partial charge in [0, 0.05) is 13.1 Å². The van der Waals surface area contributed by atoms with Crippen molar-refractivity contribution in [3.8, 4) is 0 Å². The predicted molar refractivity (Wildman–Crippen MR) is 69.0 cm³/mol. The Morgan fingerprint density at radius 2 is 1.94 bits per heavy atom. The zero-order valence-electron chi connectivity index (χ0n) is 10.8. The molecule has 0 aliphatic carbocycles. The second-order valence-corrected chi connectivity index (χ2v) is 4.17. The molecule has 0 aromatic heterocycles. The molecule has 0 radical (unpaired) electrons. The van der Waals surface area contributed by atoms with E-state index in [1.54, 1.807) is 23.8 Å². The van der Waals surface area contributed by atoms with E-state index in [9.17, 15) is 9.59 Å². The third-order valence-electron chi connectivity index (χ3n) is 2.95. The topological polar surface area (TPSA) is 70.1 Å². The zero-order valence-corrected chi connectivity index (χ0v) is 11.6. The van der Waals surface area contributed by atoms with Crippen LogP contribution in [-0.2, 0) is 14.3 Å². The fourth-order valence-corrected chi connectivity index (χ4v) is 1.91. The van der Waals surface area contributed by atoms with E-state index < -0.39 is 12.0 Å². The van der Waals surface area contributed by atoms with Crippen LogP contribution in [0, 0.1) is 0 Å². The van der Waals surface area contributed by atoms with Crippen molar-refractivity contribution in [1.29, 1.82) is 0 Å². The molecule has 1 amide bonds. The summed E-state index contributed by atoms with van der Waals surface area (Å²) in [5.74, 6) is -0.916. The molecule has 6 nitrogen and oxygen atoms in total. The minimum absolute atomic E-state index is 0. The number of carbonyl (C=O) groups excluding carboxylic acids is 1. The number of hydrogen-bond donors (Lipinski definition) is 1. The van der Waals surface area contributed by atoms with Crippen molar-refractivity contribution in [2.75, 3.05) is 39.9 Å². The molecule has 1 aliphatic heterocycles. The summed E-state index contributed by atoms with van der Waals surface area (Å²) < 4.78 is 5.16. The average Bonchev–Trinajstić information content (AvgIpc) is 2.30. The van der Waals surface area contributed by atoms with Gasteiger partial charge in [0.1, 0.15) is 6.04 Å². The summed E-state index contributed by atoms with van der Waals surface area (Å²) in [6.45, 7) is 4.25. The maximum atomic E-state index is 11.9. The maximum absolute atomic E-state index is 11.9. The van der Waals surface area contributed by atoms with Gasteiger partial charge in [0.15, 0.2) is 0 Å². The van der Waals surface area contributed by atoms with Crippen LogP contribution in [0.1, 0.15) is 13.3 Å². The Morgan fingerprint density at radius 3 is 2.39 bits per heavy atom. The van der Waals surface area contributed by atoms with Crippen LogP contribution in [0.4, 0.5) is 0 Å². The van der Waals surface area contributed by atoms with Crippen molar-refractivity contribution in [3.63, 3.8) is 0 Å². The summed E-state index contributed by atoms with van der Waals surface area (Å²) in [6, 6.07) is -0.597. The summed E-state index contributed by atoms with van der Waals surface area (Å²) in [5.41, 5.74) is 0. The second kappa shape index (κ2) is 8.29. The van der Waals surface area contributed by atoms with Crippen LogP contribution in [0.2, 0.25) is 0 Å². The van der Waals surface area contributed by atoms with Gasteiger partial charge in [-0.1, -0.05) is 6.92 Å². The smallest absolute Gasteiger partial charge is 0.320 e. The van der Waals surface area contributed by atoms with E-state index in [1.807, 2.05) is 0 Å². The van der Waals surface area contributed by atoms with Crippen molar-refractivity contribution in [1.82, 2.24) is 9.80 Å². The monoisotopic (exact) mass is 280 g/mol. The summed E-state index contributed by atoms with van der Waals surface area (Å²) in [6.07, 6.45) is 0.488. The normalized spacial score (nSPS) is 17.2. The highest BCUT2D eigenvalue weighted by Gasteiger charge is 2.25. The van der Waals surface area contributed by atoms with Gasteiger partial charge in [0.25, 0.3) is 0 Å². The van der Waals surface area contributed by atoms with Gasteiger partial charge in [0.05, 0.1) is 19.8 Å². The molecule has 7 heteroatoms. The molecular formula is C11H21ClN2O4. The molecule has 0 spiro atoms. The van der Waals surface area contributed by atoms with Crippen molar-refractivity contribution < 1.29 is 19.4 Å². The predicted octanol–water partition coefficient (Wildman–Crippen LogP) is 0.0620. The molecule has 0 bridgehead atoms. The number of carboxylic acids is 1. The lowest BCUT2D eigenvalue weighted by Gasteiger charge is -2.30. The SMILES string of the molecule is CCC(C(=O)O)N(C)CC(=O)N1CCOCC1.Cl. The Hall–Kier alpha value is -0.850. The molecule has 0 saturated carbocycles. The summed E-state index contributed by atoms with van der Waals surface area (Å²) in [5, 5.41) is 8.98. The minimum Gasteiger partial charge on any atom is -0.480 e. The van der Waals surface area contributed by atoms with Gasteiger partial charge in [0.2, 0.25) is 5.91 Å². The highest BCUT2D eigenvalue weighted by molar-refractivity contribution is 5.85. The Morgan fingerprint density at radius 1 is 1.39 bits per heavy atom. The molecule has 106 valence electrons. The summed E-state index contributed by atoms with van der Waals surface area (Å²) >= 11 is 0. The molecule has 1 unspecified atom stereocenters. The number of rotatable bonds is 5. The van der Waals surface area contributed by atoms with Crippen LogP contribution < -0.4 is 0 Å². The van der Waals surface area contributed by atoms with Gasteiger partial charge in [-0.2, -0.15) is 0 Å². The fraction of sp³-hybridized carbons (Fsp3) is 0.818. The van der Waals surface area contributed by atoms with Crippen LogP contribution in [0.5, 0.6) is 0 Å². The number of hydrogen-bond acceptors (Lipinski definition) is 4. The number of nitrogens with zero attached hydrogens (tertiary/aromatic N) is 2. The number of morpholine rings is 1. The fourth-order valence-electron chi connectivity index (χ4n) is 1.91. The molecular weight excluding hydrogens is 260 g/mol. The highest BCUT2D eigenvalue weighted by atomic mass is 35.5. The molecule has 0 aromatic rings. The third kappa shape index (κ3) is 4.80. The summed E-state index contributed by atoms with van der Waals surface area (Å²) in [7, 11) is 1.67. The van der Waals surface area contributed by atoms with Gasteiger partial charge in [-0.05, 0) is 13.5 Å². The Kier molecular flexibility index (Phi) is 7.90. The molecule has 18 heavy (non-hydrogen) atoms. The quantitative estimate of drug-likeness (QED) is 0.771. The standard InChI is InChI=1S/C11H20N2O4.ClH/c1-3-9(11(15)16)12(2)8-10(14)13-4-6-17-7-5-13;/h9H,3-8H2,1-2H3,(H,15,16);1H. The van der Waals surface area contributed by atoms with Crippen molar-refractivity contribution >= 4 is 24.3 Å². The lowest BCUT2D eigenvalue weighted by Crippen LogP contribution is -2.48. The molecule has 1 rings (SSSR count). The average molecular weight is 281 g/mol. The van der Waals surface area contributed by atoms with Crippen LogP contribution in [-0.4, -0.2) is 72.7 Å². The lowest BCUT2D eigenvalue weighted by molar-refractivity contribution is -0.145. The van der Waals surface area contributed by atoms with Gasteiger partial charge in [-0.25, -0.2) is 0 Å². The maximum Gasteiger partial charge on any atom is 0.320 e. The van der Waals surface area contributed by atoms with Crippen LogP contribution >= 0.6 is 12.4 Å². The number of halogens is 1. The van der Waals surface area contributed by atoms with Crippen LogP contribution in [0.25, 0.3) is 0 Å². The molecule has 1 heterocycles. The number of likely N-dealkylation sites (N-methyl/N-ethyl adjacent to an activating group) is 1. The highest BCUT2D eigenvalue weighted by Crippen LogP contribution is 2.04. The number of aliphatic carboxylic acids is 1. The number of amides is 1.